The summed E-state index contributed by atoms with van der Waals surface area (Å²) >= 11 is 1.48. The molecule has 1 atom stereocenters. The molecule has 4 rings (SSSR count). The number of thiazole rings is 1. The quantitative estimate of drug-likeness (QED) is 0.707. The van der Waals surface area contributed by atoms with Gasteiger partial charge in [0.05, 0.1) is 0 Å². The number of aromatic nitrogens is 1. The minimum atomic E-state index is -0.181. The average Bonchev–Trinajstić information content (AvgIpc) is 3.39. The van der Waals surface area contributed by atoms with Crippen LogP contribution in [0.15, 0.2) is 60.0 Å². The highest BCUT2D eigenvalue weighted by atomic mass is 32.1. The molecule has 1 N–H and O–H groups in total. The summed E-state index contributed by atoms with van der Waals surface area (Å²) in [6, 6.07) is 18.6. The number of rotatable bonds is 5. The number of hydrogen-bond donors (Lipinski definition) is 1. The number of nitrogens with zero attached hydrogens (tertiary/aromatic N) is 3. The van der Waals surface area contributed by atoms with Gasteiger partial charge in [0.25, 0.3) is 5.91 Å². The summed E-state index contributed by atoms with van der Waals surface area (Å²) < 4.78 is 0. The second-order valence-corrected chi connectivity index (χ2v) is 8.12. The number of nitrogens with one attached hydrogen (secondary N) is 1. The summed E-state index contributed by atoms with van der Waals surface area (Å²) in [4.78, 5) is 21.7. The molecule has 0 bridgehead atoms. The Labute approximate surface area is 169 Å². The van der Waals surface area contributed by atoms with Crippen LogP contribution in [0.2, 0.25) is 0 Å². The predicted octanol–water partition coefficient (Wildman–Crippen LogP) is 4.20. The maximum atomic E-state index is 12.5. The van der Waals surface area contributed by atoms with Crippen molar-refractivity contribution in [1.29, 1.82) is 0 Å². The highest BCUT2D eigenvalue weighted by Gasteiger charge is 2.24. The Bertz CT molecular complexity index is 937. The maximum Gasteiger partial charge on any atom is 0.275 e. The fraction of sp³-hybridized carbons (Fsp3) is 0.273. The highest BCUT2D eigenvalue weighted by Crippen LogP contribution is 2.25. The van der Waals surface area contributed by atoms with Gasteiger partial charge in [0.15, 0.2) is 0 Å². The lowest BCUT2D eigenvalue weighted by Gasteiger charge is -2.22. The second-order valence-electron chi connectivity index (χ2n) is 7.26. The van der Waals surface area contributed by atoms with Crippen LogP contribution in [-0.2, 0) is 0 Å². The van der Waals surface area contributed by atoms with E-state index in [0.29, 0.717) is 11.7 Å². The Balaban J connectivity index is 1.39. The van der Waals surface area contributed by atoms with Crippen molar-refractivity contribution in [3.63, 3.8) is 0 Å². The van der Waals surface area contributed by atoms with Gasteiger partial charge in [-0.15, -0.1) is 11.3 Å². The third-order valence-electron chi connectivity index (χ3n) is 5.14. The Hall–Kier alpha value is -2.70. The van der Waals surface area contributed by atoms with Gasteiger partial charge in [-0.05, 0) is 44.8 Å². The molecule has 2 aromatic carbocycles. The molecule has 0 spiro atoms. The Morgan fingerprint density at radius 1 is 1.14 bits per heavy atom. The van der Waals surface area contributed by atoms with Gasteiger partial charge in [-0.3, -0.25) is 4.79 Å². The van der Waals surface area contributed by atoms with Gasteiger partial charge in [-0.2, -0.15) is 0 Å². The van der Waals surface area contributed by atoms with E-state index in [4.69, 9.17) is 0 Å². The Morgan fingerprint density at radius 2 is 1.89 bits per heavy atom. The lowest BCUT2D eigenvalue weighted by Crippen LogP contribution is -2.31. The fourth-order valence-corrected chi connectivity index (χ4v) is 4.25. The number of anilines is 2. The van der Waals surface area contributed by atoms with E-state index in [9.17, 15) is 4.79 Å². The first kappa shape index (κ1) is 18.7. The fourth-order valence-electron chi connectivity index (χ4n) is 3.44. The molecule has 1 aliphatic rings. The molecule has 1 saturated heterocycles. The lowest BCUT2D eigenvalue weighted by molar-refractivity contribution is 0.102. The summed E-state index contributed by atoms with van der Waals surface area (Å²) in [5, 5.41) is 5.60. The maximum absolute atomic E-state index is 12.5. The molecule has 6 heteroatoms. The molecule has 1 unspecified atom stereocenters. The molecular weight excluding hydrogens is 368 g/mol. The van der Waals surface area contributed by atoms with Crippen LogP contribution in [0.4, 0.5) is 11.4 Å². The van der Waals surface area contributed by atoms with Crippen molar-refractivity contribution in [2.24, 2.45) is 0 Å². The van der Waals surface area contributed by atoms with Gasteiger partial charge in [0, 0.05) is 41.4 Å². The Kier molecular flexibility index (Phi) is 5.41. The van der Waals surface area contributed by atoms with Crippen molar-refractivity contribution in [3.05, 3.63) is 65.7 Å². The molecule has 0 radical (unpaired) electrons. The molecule has 144 valence electrons. The topological polar surface area (TPSA) is 48.5 Å². The summed E-state index contributed by atoms with van der Waals surface area (Å²) in [7, 11) is 4.27. The van der Waals surface area contributed by atoms with Crippen molar-refractivity contribution < 1.29 is 4.79 Å². The highest BCUT2D eigenvalue weighted by molar-refractivity contribution is 7.13. The van der Waals surface area contributed by atoms with Crippen molar-refractivity contribution in [3.8, 4) is 10.6 Å². The zero-order chi connectivity index (χ0) is 19.5. The largest absolute Gasteiger partial charge is 0.370 e. The second kappa shape index (κ2) is 8.12. The molecule has 1 aromatic heterocycles. The predicted molar refractivity (Wildman–Crippen MR) is 116 cm³/mol. The molecule has 1 amide bonds. The van der Waals surface area contributed by atoms with Crippen LogP contribution in [0, 0.1) is 0 Å². The first-order chi connectivity index (χ1) is 13.6. The summed E-state index contributed by atoms with van der Waals surface area (Å²) in [5.41, 5.74) is 3.45. The minimum absolute atomic E-state index is 0.181. The van der Waals surface area contributed by atoms with Gasteiger partial charge in [0.2, 0.25) is 0 Å². The van der Waals surface area contributed by atoms with E-state index < -0.39 is 0 Å². The van der Waals surface area contributed by atoms with Crippen LogP contribution in [0.1, 0.15) is 16.9 Å². The molecule has 1 aliphatic heterocycles. The third-order valence-corrected chi connectivity index (χ3v) is 6.03. The normalized spacial score (nSPS) is 16.5. The number of amides is 1. The first-order valence-electron chi connectivity index (χ1n) is 9.44. The van der Waals surface area contributed by atoms with Crippen molar-refractivity contribution >= 4 is 28.6 Å². The van der Waals surface area contributed by atoms with Gasteiger partial charge >= 0.3 is 0 Å². The van der Waals surface area contributed by atoms with Crippen LogP contribution in [0.5, 0.6) is 0 Å². The van der Waals surface area contributed by atoms with Crippen molar-refractivity contribution in [2.45, 2.75) is 12.5 Å². The SMILES string of the molecule is CN(C)C1CCN(c2ccc(NC(=O)c3csc(-c4ccccc4)n3)cc2)C1. The first-order valence-corrected chi connectivity index (χ1v) is 10.3. The number of carbonyl (C=O) groups is 1. The van der Waals surface area contributed by atoms with E-state index in [1.165, 1.54) is 23.4 Å². The average molecular weight is 393 g/mol. The molecule has 2 heterocycles. The zero-order valence-electron chi connectivity index (χ0n) is 16.1. The molecular formula is C22H24N4OS. The van der Waals surface area contributed by atoms with Crippen LogP contribution in [0.25, 0.3) is 10.6 Å². The van der Waals surface area contributed by atoms with Crippen LogP contribution < -0.4 is 10.2 Å². The smallest absolute Gasteiger partial charge is 0.275 e. The number of carbonyl (C=O) groups excluding carboxylic acids is 1. The van der Waals surface area contributed by atoms with Crippen LogP contribution in [-0.4, -0.2) is 49.0 Å². The number of benzene rings is 2. The lowest BCUT2D eigenvalue weighted by atomic mass is 10.2. The van der Waals surface area contributed by atoms with Gasteiger partial charge in [-0.1, -0.05) is 30.3 Å². The van der Waals surface area contributed by atoms with Crippen LogP contribution in [0.3, 0.4) is 0 Å². The Morgan fingerprint density at radius 3 is 2.57 bits per heavy atom. The van der Waals surface area contributed by atoms with Gasteiger partial charge in [0.1, 0.15) is 10.7 Å². The summed E-state index contributed by atoms with van der Waals surface area (Å²) in [6.45, 7) is 2.11. The summed E-state index contributed by atoms with van der Waals surface area (Å²) in [6.07, 6.45) is 1.18. The van der Waals surface area contributed by atoms with E-state index in [1.54, 1.807) is 5.38 Å². The summed E-state index contributed by atoms with van der Waals surface area (Å²) in [5.74, 6) is -0.181. The van der Waals surface area contributed by atoms with E-state index >= 15 is 0 Å². The van der Waals surface area contributed by atoms with Crippen LogP contribution >= 0.6 is 11.3 Å². The zero-order valence-corrected chi connectivity index (χ0v) is 16.9. The third kappa shape index (κ3) is 4.08. The molecule has 28 heavy (non-hydrogen) atoms. The van der Waals surface area contributed by atoms with Gasteiger partial charge in [-0.25, -0.2) is 4.98 Å². The molecule has 5 nitrogen and oxygen atoms in total. The molecule has 1 fully saturated rings. The minimum Gasteiger partial charge on any atom is -0.370 e. The molecule has 0 saturated carbocycles. The van der Waals surface area contributed by atoms with Crippen molar-refractivity contribution in [2.75, 3.05) is 37.4 Å². The van der Waals surface area contributed by atoms with E-state index in [1.807, 2.05) is 42.5 Å². The van der Waals surface area contributed by atoms with E-state index in [2.05, 4.69) is 46.3 Å². The standard InChI is InChI=1S/C22H24N4OS/c1-25(2)19-12-13-26(14-19)18-10-8-17(9-11-18)23-21(27)20-15-28-22(24-20)16-6-4-3-5-7-16/h3-11,15,19H,12-14H2,1-2H3,(H,23,27). The van der Waals surface area contributed by atoms with E-state index in [0.717, 1.165) is 29.3 Å². The monoisotopic (exact) mass is 392 g/mol. The number of hydrogen-bond acceptors (Lipinski definition) is 5. The number of likely N-dealkylation sites (N-methyl/N-ethyl adjacent to an activating group) is 1. The molecule has 3 aromatic rings. The van der Waals surface area contributed by atoms with Gasteiger partial charge < -0.3 is 15.1 Å². The molecule has 0 aliphatic carbocycles. The van der Waals surface area contributed by atoms with E-state index in [-0.39, 0.29) is 5.91 Å². The van der Waals surface area contributed by atoms with Crippen molar-refractivity contribution in [1.82, 2.24) is 9.88 Å².